The molecule has 1 saturated heterocycles. The highest BCUT2D eigenvalue weighted by molar-refractivity contribution is 6.12. The molecule has 1 saturated carbocycles. The predicted octanol–water partition coefficient (Wildman–Crippen LogP) is 0.111. The van der Waals surface area contributed by atoms with E-state index in [1.54, 1.807) is 18.2 Å². The Labute approximate surface area is 122 Å². The lowest BCUT2D eigenvalue weighted by Gasteiger charge is -2.30. The maximum absolute atomic E-state index is 14.9. The predicted molar refractivity (Wildman–Crippen MR) is 75.6 cm³/mol. The minimum atomic E-state index is -2.28. The van der Waals surface area contributed by atoms with E-state index in [0.29, 0.717) is 26.2 Å². The van der Waals surface area contributed by atoms with Crippen LogP contribution in [0.25, 0.3) is 0 Å². The van der Waals surface area contributed by atoms with Crippen molar-refractivity contribution in [2.24, 2.45) is 5.73 Å². The molecule has 112 valence electrons. The van der Waals surface area contributed by atoms with Crippen molar-refractivity contribution in [2.75, 3.05) is 26.2 Å². The fourth-order valence-electron chi connectivity index (χ4n) is 2.84. The number of Topliss-reactive ketones (excluding diaryl/α,β-unsaturated/α-hetero) is 1. The number of alkyl halides is 1. The van der Waals surface area contributed by atoms with E-state index < -0.39 is 22.9 Å². The zero-order valence-corrected chi connectivity index (χ0v) is 11.6. The monoisotopic (exact) mass is 291 g/mol. The van der Waals surface area contributed by atoms with Crippen LogP contribution < -0.4 is 11.1 Å². The summed E-state index contributed by atoms with van der Waals surface area (Å²) in [5, 5.41) is 3.12. The molecule has 1 aliphatic carbocycles. The van der Waals surface area contributed by atoms with Gasteiger partial charge in [-0.25, -0.2) is 4.39 Å². The van der Waals surface area contributed by atoms with E-state index >= 15 is 0 Å². The maximum Gasteiger partial charge on any atom is 0.246 e. The summed E-state index contributed by atoms with van der Waals surface area (Å²) in [5.41, 5.74) is 2.19. The number of amides is 1. The van der Waals surface area contributed by atoms with Gasteiger partial charge in [0.05, 0.1) is 0 Å². The van der Waals surface area contributed by atoms with Crippen LogP contribution in [0.15, 0.2) is 30.3 Å². The van der Waals surface area contributed by atoms with Crippen molar-refractivity contribution in [3.05, 3.63) is 35.9 Å². The van der Waals surface area contributed by atoms with Gasteiger partial charge in [0.1, 0.15) is 5.54 Å². The third kappa shape index (κ3) is 2.15. The van der Waals surface area contributed by atoms with E-state index in [1.165, 1.54) is 17.0 Å². The summed E-state index contributed by atoms with van der Waals surface area (Å²) in [7, 11) is 0. The number of nitrogens with one attached hydrogen (secondary N) is 1. The van der Waals surface area contributed by atoms with Gasteiger partial charge in [0.2, 0.25) is 17.4 Å². The quantitative estimate of drug-likeness (QED) is 0.775. The smallest absolute Gasteiger partial charge is 0.246 e. The van der Waals surface area contributed by atoms with E-state index in [0.717, 1.165) is 0 Å². The van der Waals surface area contributed by atoms with E-state index in [-0.39, 0.29) is 12.0 Å². The number of halogens is 1. The fraction of sp³-hybridized carbons (Fsp3) is 0.467. The first-order valence-electron chi connectivity index (χ1n) is 7.07. The lowest BCUT2D eigenvalue weighted by Crippen LogP contribution is -2.56. The Balaban J connectivity index is 1.78. The second kappa shape index (κ2) is 4.89. The summed E-state index contributed by atoms with van der Waals surface area (Å²) < 4.78 is 14.9. The van der Waals surface area contributed by atoms with Crippen molar-refractivity contribution in [1.82, 2.24) is 10.2 Å². The standard InChI is InChI=1S/C15H18FN3O2/c16-14(12(20)11-4-2-1-3-5-11)10-15(14,17)13(21)19-8-6-18-7-9-19/h1-5,18H,6-10,17H2. The van der Waals surface area contributed by atoms with Crippen molar-refractivity contribution < 1.29 is 14.0 Å². The lowest BCUT2D eigenvalue weighted by molar-refractivity contribution is -0.135. The van der Waals surface area contributed by atoms with Crippen LogP contribution >= 0.6 is 0 Å². The van der Waals surface area contributed by atoms with Crippen molar-refractivity contribution in [1.29, 1.82) is 0 Å². The van der Waals surface area contributed by atoms with Gasteiger partial charge in [-0.05, 0) is 0 Å². The maximum atomic E-state index is 14.9. The van der Waals surface area contributed by atoms with Crippen LogP contribution in [0.3, 0.4) is 0 Å². The molecule has 0 spiro atoms. The van der Waals surface area contributed by atoms with E-state index in [9.17, 15) is 14.0 Å². The number of carbonyl (C=O) groups excluding carboxylic acids is 2. The molecule has 1 amide bonds. The first-order valence-corrected chi connectivity index (χ1v) is 7.07. The molecule has 21 heavy (non-hydrogen) atoms. The third-order valence-electron chi connectivity index (χ3n) is 4.29. The van der Waals surface area contributed by atoms with Crippen LogP contribution in [-0.2, 0) is 4.79 Å². The van der Waals surface area contributed by atoms with Gasteiger partial charge >= 0.3 is 0 Å². The van der Waals surface area contributed by atoms with Gasteiger partial charge in [0.15, 0.2) is 0 Å². The largest absolute Gasteiger partial charge is 0.338 e. The van der Waals surface area contributed by atoms with Crippen LogP contribution in [-0.4, -0.2) is 54.0 Å². The normalized spacial score (nSPS) is 31.8. The number of nitrogens with zero attached hydrogens (tertiary/aromatic N) is 1. The molecule has 3 rings (SSSR count). The van der Waals surface area contributed by atoms with E-state index in [2.05, 4.69) is 5.32 Å². The first-order chi connectivity index (χ1) is 9.99. The third-order valence-corrected chi connectivity index (χ3v) is 4.29. The van der Waals surface area contributed by atoms with Crippen LogP contribution in [0.5, 0.6) is 0 Å². The Hall–Kier alpha value is -1.79. The first kappa shape index (κ1) is 14.2. The molecule has 0 radical (unpaired) electrons. The minimum absolute atomic E-state index is 0.240. The minimum Gasteiger partial charge on any atom is -0.338 e. The zero-order valence-electron chi connectivity index (χ0n) is 11.6. The van der Waals surface area contributed by atoms with E-state index in [1.807, 2.05) is 0 Å². The van der Waals surface area contributed by atoms with Gasteiger partial charge in [-0.2, -0.15) is 0 Å². The summed E-state index contributed by atoms with van der Waals surface area (Å²) in [5.74, 6) is -1.16. The highest BCUT2D eigenvalue weighted by Crippen LogP contribution is 2.52. The molecule has 2 fully saturated rings. The second-order valence-corrected chi connectivity index (χ2v) is 5.69. The Morgan fingerprint density at radius 2 is 1.81 bits per heavy atom. The number of carbonyl (C=O) groups is 2. The SMILES string of the molecule is NC1(C(=O)N2CCNCC2)CC1(F)C(=O)c1ccccc1. The molecule has 3 N–H and O–H groups in total. The Morgan fingerprint density at radius 3 is 2.43 bits per heavy atom. The molecular formula is C15H18FN3O2. The summed E-state index contributed by atoms with van der Waals surface area (Å²) in [6.45, 7) is 2.31. The topological polar surface area (TPSA) is 75.4 Å². The highest BCUT2D eigenvalue weighted by atomic mass is 19.1. The number of piperazine rings is 1. The zero-order chi connectivity index (χ0) is 15.1. The summed E-state index contributed by atoms with van der Waals surface area (Å²) >= 11 is 0. The molecule has 2 aliphatic rings. The van der Waals surface area contributed by atoms with Gasteiger partial charge in [0.25, 0.3) is 0 Å². The molecule has 2 atom stereocenters. The number of nitrogens with two attached hydrogens (primary N) is 1. The second-order valence-electron chi connectivity index (χ2n) is 5.69. The summed E-state index contributed by atoms with van der Waals surface area (Å²) in [6, 6.07) is 8.15. The molecular weight excluding hydrogens is 273 g/mol. The number of benzene rings is 1. The fourth-order valence-corrected chi connectivity index (χ4v) is 2.84. The summed E-state index contributed by atoms with van der Waals surface area (Å²) in [6.07, 6.45) is -0.240. The highest BCUT2D eigenvalue weighted by Gasteiger charge is 2.76. The van der Waals surface area contributed by atoms with Crippen LogP contribution in [0.2, 0.25) is 0 Å². The average molecular weight is 291 g/mol. The van der Waals surface area contributed by atoms with Crippen LogP contribution in [0, 0.1) is 0 Å². The Morgan fingerprint density at radius 1 is 1.19 bits per heavy atom. The molecule has 2 unspecified atom stereocenters. The van der Waals surface area contributed by atoms with Crippen molar-refractivity contribution in [3.8, 4) is 0 Å². The molecule has 5 nitrogen and oxygen atoms in total. The summed E-state index contributed by atoms with van der Waals surface area (Å²) in [4.78, 5) is 26.2. The van der Waals surface area contributed by atoms with Gasteiger partial charge in [-0.3, -0.25) is 9.59 Å². The van der Waals surface area contributed by atoms with Gasteiger partial charge in [-0.1, -0.05) is 30.3 Å². The molecule has 0 aromatic heterocycles. The molecule has 1 heterocycles. The van der Waals surface area contributed by atoms with Crippen molar-refractivity contribution in [2.45, 2.75) is 17.6 Å². The number of rotatable bonds is 3. The van der Waals surface area contributed by atoms with Gasteiger partial charge in [-0.15, -0.1) is 0 Å². The van der Waals surface area contributed by atoms with Gasteiger partial charge in [0, 0.05) is 38.2 Å². The molecule has 0 bridgehead atoms. The van der Waals surface area contributed by atoms with Gasteiger partial charge < -0.3 is 16.0 Å². The number of hydrogen-bond donors (Lipinski definition) is 2. The lowest BCUT2D eigenvalue weighted by atomic mass is 10.0. The Bertz CT molecular complexity index is 574. The molecule has 1 aliphatic heterocycles. The molecule has 1 aromatic rings. The Kier molecular flexibility index (Phi) is 3.30. The molecule has 1 aromatic carbocycles. The average Bonchev–Trinajstić information content (AvgIpc) is 3.12. The molecule has 6 heteroatoms. The number of ketones is 1. The van der Waals surface area contributed by atoms with Crippen LogP contribution in [0.1, 0.15) is 16.8 Å². The number of hydrogen-bond acceptors (Lipinski definition) is 4. The van der Waals surface area contributed by atoms with Crippen LogP contribution in [0.4, 0.5) is 4.39 Å². The van der Waals surface area contributed by atoms with Crippen molar-refractivity contribution in [3.63, 3.8) is 0 Å². The van der Waals surface area contributed by atoms with Crippen molar-refractivity contribution >= 4 is 11.7 Å². The van der Waals surface area contributed by atoms with E-state index in [4.69, 9.17) is 5.73 Å².